The maximum atomic E-state index is 12.6. The molecule has 3 heterocycles. The van der Waals surface area contributed by atoms with Gasteiger partial charge < -0.3 is 98.2 Å². The number of ketones is 1. The Kier molecular flexibility index (Phi) is 15.4. The standard InChI is InChI=1S/C29H56N6O14/c30-7-16(39)15(38)6-11-5-14(33)24(47-27-13(32)2-1-12(44-27)9-35-3-4-36)26(20(11)40)49-29-23(43)25(18(10-37)46-29)48-28-19(34)22(42)21(41)17(8-31)45-28/h11-14,16-29,35-37,39-43H,1-10,30-34H2/t11-,12-,13+,14-,16?,17-,18+,19+,20-,21+,22+,23+,24+,25+,26+,27+,28+,29-/m0/s1. The Balaban J connectivity index is 1.53. The van der Waals surface area contributed by atoms with Crippen molar-refractivity contribution in [1.29, 1.82) is 0 Å². The van der Waals surface area contributed by atoms with Gasteiger partial charge in [0.2, 0.25) is 0 Å². The zero-order chi connectivity index (χ0) is 36.0. The summed E-state index contributed by atoms with van der Waals surface area (Å²) in [7, 11) is 0. The summed E-state index contributed by atoms with van der Waals surface area (Å²) in [6, 6.07) is -2.70. The molecule has 0 radical (unpaired) electrons. The summed E-state index contributed by atoms with van der Waals surface area (Å²) in [6.07, 6.45) is -16.7. The van der Waals surface area contributed by atoms with Gasteiger partial charge in [0.25, 0.3) is 0 Å². The molecule has 20 nitrogen and oxygen atoms in total. The largest absolute Gasteiger partial charge is 0.395 e. The molecule has 0 aromatic rings. The number of aliphatic hydroxyl groups is 7. The van der Waals surface area contributed by atoms with Crippen LogP contribution in [-0.4, -0.2) is 185 Å². The van der Waals surface area contributed by atoms with Crippen molar-refractivity contribution in [3.63, 3.8) is 0 Å². The lowest BCUT2D eigenvalue weighted by Gasteiger charge is -2.46. The lowest BCUT2D eigenvalue weighted by atomic mass is 9.76. The van der Waals surface area contributed by atoms with E-state index in [-0.39, 0.29) is 38.6 Å². The molecule has 0 amide bonds. The second-order valence-electron chi connectivity index (χ2n) is 13.2. The van der Waals surface area contributed by atoms with Gasteiger partial charge in [0.15, 0.2) is 24.7 Å². The molecule has 20 heteroatoms. The molecule has 0 aromatic carbocycles. The van der Waals surface area contributed by atoms with Gasteiger partial charge in [0.1, 0.15) is 54.9 Å². The van der Waals surface area contributed by atoms with Crippen LogP contribution in [0, 0.1) is 5.92 Å². The van der Waals surface area contributed by atoms with E-state index >= 15 is 0 Å². The number of carbonyl (C=O) groups is 1. The number of nitrogens with two attached hydrogens (primary N) is 5. The van der Waals surface area contributed by atoms with Crippen molar-refractivity contribution in [3.8, 4) is 0 Å². The fourth-order valence-electron chi connectivity index (χ4n) is 6.76. The Bertz CT molecular complexity index is 1020. The van der Waals surface area contributed by atoms with Gasteiger partial charge in [-0.2, -0.15) is 0 Å². The maximum absolute atomic E-state index is 12.6. The molecule has 4 rings (SSSR count). The minimum absolute atomic E-state index is 0.0517. The molecular weight excluding hydrogens is 656 g/mol. The van der Waals surface area contributed by atoms with Crippen LogP contribution >= 0.6 is 0 Å². The Morgan fingerprint density at radius 2 is 1.47 bits per heavy atom. The average molecular weight is 713 g/mol. The van der Waals surface area contributed by atoms with Gasteiger partial charge in [0, 0.05) is 38.6 Å². The van der Waals surface area contributed by atoms with Crippen molar-refractivity contribution in [1.82, 2.24) is 5.32 Å². The smallest absolute Gasteiger partial charge is 0.187 e. The highest BCUT2D eigenvalue weighted by atomic mass is 16.8. The number of aliphatic hydroxyl groups excluding tert-OH is 7. The fraction of sp³-hybridized carbons (Fsp3) is 0.966. The van der Waals surface area contributed by atoms with E-state index in [1.165, 1.54) is 0 Å². The molecule has 286 valence electrons. The molecule has 4 aliphatic rings. The Hall–Kier alpha value is -1.09. The number of hydrogen-bond acceptors (Lipinski definition) is 20. The fourth-order valence-corrected chi connectivity index (χ4v) is 6.76. The lowest BCUT2D eigenvalue weighted by molar-refractivity contribution is -0.292. The quantitative estimate of drug-likeness (QED) is 0.0661. The summed E-state index contributed by atoms with van der Waals surface area (Å²) in [4.78, 5) is 12.6. The van der Waals surface area contributed by atoms with Crippen molar-refractivity contribution in [2.75, 3.05) is 39.4 Å². The van der Waals surface area contributed by atoms with Crippen LogP contribution in [0.15, 0.2) is 0 Å². The van der Waals surface area contributed by atoms with Gasteiger partial charge in [-0.05, 0) is 25.2 Å². The van der Waals surface area contributed by atoms with Crippen LogP contribution in [0.3, 0.4) is 0 Å². The predicted molar refractivity (Wildman–Crippen MR) is 167 cm³/mol. The van der Waals surface area contributed by atoms with E-state index in [1.54, 1.807) is 0 Å². The van der Waals surface area contributed by atoms with Crippen molar-refractivity contribution in [2.45, 2.75) is 130 Å². The second-order valence-corrected chi connectivity index (χ2v) is 13.2. The number of nitrogens with one attached hydrogen (secondary N) is 1. The van der Waals surface area contributed by atoms with Gasteiger partial charge in [-0.3, -0.25) is 4.79 Å². The Morgan fingerprint density at radius 1 is 0.796 bits per heavy atom. The summed E-state index contributed by atoms with van der Waals surface area (Å²) in [5, 5.41) is 75.8. The van der Waals surface area contributed by atoms with Crippen LogP contribution in [0.5, 0.6) is 0 Å². The molecule has 18 N–H and O–H groups in total. The molecule has 3 aliphatic heterocycles. The van der Waals surface area contributed by atoms with Crippen LogP contribution in [0.25, 0.3) is 0 Å². The van der Waals surface area contributed by atoms with E-state index < -0.39 is 116 Å². The van der Waals surface area contributed by atoms with Crippen LogP contribution < -0.4 is 34.0 Å². The monoisotopic (exact) mass is 712 g/mol. The first-order chi connectivity index (χ1) is 23.3. The molecule has 3 saturated heterocycles. The number of hydrogen-bond donors (Lipinski definition) is 13. The van der Waals surface area contributed by atoms with E-state index in [4.69, 9.17) is 62.2 Å². The van der Waals surface area contributed by atoms with Crippen molar-refractivity contribution >= 4 is 5.78 Å². The topological polar surface area (TPSA) is 356 Å². The lowest BCUT2D eigenvalue weighted by Crippen LogP contribution is -2.64. The zero-order valence-corrected chi connectivity index (χ0v) is 27.3. The van der Waals surface area contributed by atoms with Gasteiger partial charge >= 0.3 is 0 Å². The van der Waals surface area contributed by atoms with E-state index in [0.29, 0.717) is 25.9 Å². The van der Waals surface area contributed by atoms with Crippen LogP contribution in [0.1, 0.15) is 25.7 Å². The van der Waals surface area contributed by atoms with Crippen LogP contribution in [0.4, 0.5) is 0 Å². The third kappa shape index (κ3) is 9.67. The number of rotatable bonds is 16. The van der Waals surface area contributed by atoms with E-state index in [0.717, 1.165) is 0 Å². The number of Topliss-reactive ketones (excluding diaryl/α,β-unsaturated/α-hetero) is 1. The Labute approximate surface area is 284 Å². The summed E-state index contributed by atoms with van der Waals surface area (Å²) in [6.45, 7) is -0.416. The van der Waals surface area contributed by atoms with Gasteiger partial charge in [0.05, 0.1) is 37.5 Å². The molecule has 1 saturated carbocycles. The first-order valence-electron chi connectivity index (χ1n) is 16.8. The van der Waals surface area contributed by atoms with Crippen molar-refractivity contribution < 1.29 is 69.0 Å². The molecule has 49 heavy (non-hydrogen) atoms. The molecule has 0 aromatic heterocycles. The van der Waals surface area contributed by atoms with Gasteiger partial charge in [-0.15, -0.1) is 0 Å². The van der Waals surface area contributed by atoms with Crippen molar-refractivity contribution in [2.24, 2.45) is 34.6 Å². The van der Waals surface area contributed by atoms with Gasteiger partial charge in [-0.1, -0.05) is 0 Å². The average Bonchev–Trinajstić information content (AvgIpc) is 3.38. The van der Waals surface area contributed by atoms with Crippen molar-refractivity contribution in [3.05, 3.63) is 0 Å². The highest BCUT2D eigenvalue weighted by Gasteiger charge is 2.54. The number of ether oxygens (including phenoxy) is 6. The summed E-state index contributed by atoms with van der Waals surface area (Å²) in [5.41, 5.74) is 30.1. The normalized spacial score (nSPS) is 45.3. The highest BCUT2D eigenvalue weighted by molar-refractivity contribution is 5.83. The van der Waals surface area contributed by atoms with E-state index in [1.807, 2.05) is 0 Å². The minimum atomic E-state index is -1.63. The molecule has 0 bridgehead atoms. The third-order valence-electron chi connectivity index (χ3n) is 9.68. The van der Waals surface area contributed by atoms with Gasteiger partial charge in [-0.25, -0.2) is 0 Å². The van der Waals surface area contributed by atoms with E-state index in [2.05, 4.69) is 5.32 Å². The highest BCUT2D eigenvalue weighted by Crippen LogP contribution is 2.37. The summed E-state index contributed by atoms with van der Waals surface area (Å²) in [5.74, 6) is -1.43. The minimum Gasteiger partial charge on any atom is -0.395 e. The molecule has 18 atom stereocenters. The van der Waals surface area contributed by atoms with Crippen LogP contribution in [-0.2, 0) is 33.2 Å². The SMILES string of the molecule is NCC(O)C(=O)C[C@@H]1C[C@H](N)[C@@H](O[C@H]2O[C@H](CNCCO)CC[C@H]2N)[C@H](O[C@@H]2O[C@H](CO)[C@@H](O[C@H]3O[C@@H](CN)[C@@H](O)[C@H](O)[C@H]3N)[C@H]2O)[C@H]1O. The maximum Gasteiger partial charge on any atom is 0.187 e. The molecule has 0 spiro atoms. The van der Waals surface area contributed by atoms with Crippen LogP contribution in [0.2, 0.25) is 0 Å². The summed E-state index contributed by atoms with van der Waals surface area (Å²) >= 11 is 0. The first-order valence-corrected chi connectivity index (χ1v) is 16.8. The predicted octanol–water partition coefficient (Wildman–Crippen LogP) is -7.65. The zero-order valence-electron chi connectivity index (χ0n) is 27.3. The Morgan fingerprint density at radius 3 is 2.12 bits per heavy atom. The molecule has 1 aliphatic carbocycles. The second kappa shape index (κ2) is 18.6. The summed E-state index contributed by atoms with van der Waals surface area (Å²) < 4.78 is 35.9. The first kappa shape index (κ1) is 40.7. The number of carbonyl (C=O) groups excluding carboxylic acids is 1. The third-order valence-corrected chi connectivity index (χ3v) is 9.68. The molecular formula is C29H56N6O14. The molecule has 1 unspecified atom stereocenters. The van der Waals surface area contributed by atoms with E-state index in [9.17, 15) is 35.4 Å². The molecule has 4 fully saturated rings.